The Morgan fingerprint density at radius 3 is 2.73 bits per heavy atom. The second-order valence-corrected chi connectivity index (χ2v) is 7.98. The zero-order chi connectivity index (χ0) is 21.7. The summed E-state index contributed by atoms with van der Waals surface area (Å²) in [6.45, 7) is 0.376. The first-order valence-electron chi connectivity index (χ1n) is 9.44. The number of aromatic nitrogens is 2. The Labute approximate surface area is 175 Å². The van der Waals surface area contributed by atoms with E-state index in [1.807, 2.05) is 0 Å². The molecule has 1 aromatic carbocycles. The van der Waals surface area contributed by atoms with E-state index >= 15 is 0 Å². The lowest BCUT2D eigenvalue weighted by Crippen LogP contribution is -2.34. The van der Waals surface area contributed by atoms with E-state index in [2.05, 4.69) is 10.2 Å². The fourth-order valence-corrected chi connectivity index (χ4v) is 3.99. The van der Waals surface area contributed by atoms with Crippen LogP contribution < -0.4 is 0 Å². The molecule has 1 amide bonds. The Morgan fingerprint density at radius 2 is 2.07 bits per heavy atom. The molecule has 10 heteroatoms. The number of benzene rings is 1. The molecule has 0 radical (unpaired) electrons. The highest BCUT2D eigenvalue weighted by molar-refractivity contribution is 7.13. The Kier molecular flexibility index (Phi) is 6.88. The van der Waals surface area contributed by atoms with Crippen LogP contribution in [-0.2, 0) is 17.1 Å². The molecule has 30 heavy (non-hydrogen) atoms. The minimum atomic E-state index is -3.44. The largest absolute Gasteiger partial charge is 0.476 e. The van der Waals surface area contributed by atoms with Gasteiger partial charge in [0, 0.05) is 24.9 Å². The van der Waals surface area contributed by atoms with Gasteiger partial charge in [0.2, 0.25) is 10.9 Å². The van der Waals surface area contributed by atoms with E-state index in [1.165, 1.54) is 30.3 Å². The normalized spacial score (nSPS) is 18.3. The third-order valence-corrected chi connectivity index (χ3v) is 5.83. The minimum absolute atomic E-state index is 0.0857. The van der Waals surface area contributed by atoms with Gasteiger partial charge in [-0.1, -0.05) is 53.8 Å². The smallest absolute Gasteiger partial charge is 0.367 e. The van der Waals surface area contributed by atoms with Gasteiger partial charge >= 0.3 is 11.9 Å². The summed E-state index contributed by atoms with van der Waals surface area (Å²) in [4.78, 5) is 24.6. The number of amides is 1. The van der Waals surface area contributed by atoms with Gasteiger partial charge in [-0.25, -0.2) is 4.79 Å². The zero-order valence-electron chi connectivity index (χ0n) is 15.9. The molecule has 0 saturated carbocycles. The molecule has 1 aromatic heterocycles. The van der Waals surface area contributed by atoms with Crippen LogP contribution in [0.4, 0.5) is 8.78 Å². The van der Waals surface area contributed by atoms with Gasteiger partial charge in [-0.3, -0.25) is 4.79 Å². The average molecular weight is 437 g/mol. The number of aliphatic hydroxyl groups excluding tert-OH is 1. The van der Waals surface area contributed by atoms with Crippen LogP contribution >= 0.6 is 11.3 Å². The number of halogens is 2. The number of carboxylic acid groups (broad SMARTS) is 1. The van der Waals surface area contributed by atoms with Gasteiger partial charge in [-0.15, -0.1) is 10.2 Å². The molecule has 0 aliphatic carbocycles. The lowest BCUT2D eigenvalue weighted by atomic mass is 10.0. The van der Waals surface area contributed by atoms with Crippen LogP contribution in [0.2, 0.25) is 0 Å². The molecule has 1 aliphatic heterocycles. The first-order valence-corrected chi connectivity index (χ1v) is 10.3. The van der Waals surface area contributed by atoms with Crippen LogP contribution in [0.5, 0.6) is 0 Å². The lowest BCUT2D eigenvalue weighted by molar-refractivity contribution is -0.128. The van der Waals surface area contributed by atoms with Gasteiger partial charge in [-0.05, 0) is 12.8 Å². The van der Waals surface area contributed by atoms with E-state index < -0.39 is 18.0 Å². The van der Waals surface area contributed by atoms with Gasteiger partial charge in [-0.2, -0.15) is 8.78 Å². The Morgan fingerprint density at radius 1 is 1.33 bits per heavy atom. The molecule has 1 unspecified atom stereocenters. The molecule has 3 rings (SSSR count). The molecule has 0 bridgehead atoms. The number of likely N-dealkylation sites (tertiary alicyclic amines) is 1. The van der Waals surface area contributed by atoms with Gasteiger partial charge in [0.1, 0.15) is 11.1 Å². The van der Waals surface area contributed by atoms with E-state index in [1.54, 1.807) is 11.0 Å². The number of aromatic carboxylic acids is 1. The number of carboxylic acids is 1. The Balaban J connectivity index is 1.58. The molecule has 1 fully saturated rings. The van der Waals surface area contributed by atoms with E-state index in [4.69, 9.17) is 5.11 Å². The van der Waals surface area contributed by atoms with Crippen LogP contribution in [-0.4, -0.2) is 55.9 Å². The molecule has 1 saturated heterocycles. The number of hydrogen-bond acceptors (Lipinski definition) is 6. The van der Waals surface area contributed by atoms with Crippen molar-refractivity contribution in [2.75, 3.05) is 6.54 Å². The van der Waals surface area contributed by atoms with E-state index in [9.17, 15) is 23.5 Å². The number of rotatable bonds is 9. The number of aliphatic hydroxyl groups is 1. The summed E-state index contributed by atoms with van der Waals surface area (Å²) in [7, 11) is 0. The predicted octanol–water partition coefficient (Wildman–Crippen LogP) is 2.87. The Bertz CT molecular complexity index is 920. The first-order chi connectivity index (χ1) is 14.3. The van der Waals surface area contributed by atoms with Gasteiger partial charge < -0.3 is 15.1 Å². The van der Waals surface area contributed by atoms with E-state index in [0.717, 1.165) is 17.4 Å². The van der Waals surface area contributed by atoms with Crippen molar-refractivity contribution in [1.29, 1.82) is 0 Å². The number of carbonyl (C=O) groups is 2. The fourth-order valence-electron chi connectivity index (χ4n) is 3.27. The van der Waals surface area contributed by atoms with E-state index in [-0.39, 0.29) is 22.5 Å². The summed E-state index contributed by atoms with van der Waals surface area (Å²) in [6.07, 6.45) is 2.29. The highest BCUT2D eigenvalue weighted by Crippen LogP contribution is 2.32. The molecule has 7 nitrogen and oxygen atoms in total. The SMILES string of the molecule is O=C(O)c1nnc(CCCN2C(=O)CC[C@@H]2/C=C/C(O)C(F)(F)c2ccccc2)s1. The Hall–Kier alpha value is -2.72. The second kappa shape index (κ2) is 9.40. The average Bonchev–Trinajstić information content (AvgIpc) is 3.34. The van der Waals surface area contributed by atoms with Crippen LogP contribution in [0.1, 0.15) is 39.6 Å². The summed E-state index contributed by atoms with van der Waals surface area (Å²) in [5.41, 5.74) is -0.278. The fraction of sp³-hybridized carbons (Fsp3) is 0.400. The highest BCUT2D eigenvalue weighted by atomic mass is 32.1. The highest BCUT2D eigenvalue weighted by Gasteiger charge is 2.39. The number of carbonyl (C=O) groups excluding carboxylic acids is 1. The molecular formula is C20H21F2N3O4S. The van der Waals surface area contributed by atoms with Gasteiger partial charge in [0.15, 0.2) is 0 Å². The van der Waals surface area contributed by atoms with Crippen molar-refractivity contribution in [3.05, 3.63) is 58.1 Å². The maximum absolute atomic E-state index is 14.4. The number of aryl methyl sites for hydroxylation is 1. The van der Waals surface area contributed by atoms with Crippen LogP contribution in [0.15, 0.2) is 42.5 Å². The lowest BCUT2D eigenvalue weighted by Gasteiger charge is -2.24. The quantitative estimate of drug-likeness (QED) is 0.585. The maximum atomic E-state index is 14.4. The summed E-state index contributed by atoms with van der Waals surface area (Å²) >= 11 is 0.984. The third-order valence-electron chi connectivity index (χ3n) is 4.86. The molecule has 2 heterocycles. The van der Waals surface area contributed by atoms with Gasteiger partial charge in [0.25, 0.3) is 0 Å². The van der Waals surface area contributed by atoms with Crippen molar-refractivity contribution < 1.29 is 28.6 Å². The van der Waals surface area contributed by atoms with Crippen LogP contribution in [0.25, 0.3) is 0 Å². The summed E-state index contributed by atoms with van der Waals surface area (Å²) in [5, 5.41) is 26.7. The molecule has 0 spiro atoms. The maximum Gasteiger partial charge on any atom is 0.367 e. The van der Waals surface area contributed by atoms with Crippen molar-refractivity contribution >= 4 is 23.2 Å². The van der Waals surface area contributed by atoms with E-state index in [0.29, 0.717) is 37.2 Å². The van der Waals surface area contributed by atoms with Crippen LogP contribution in [0.3, 0.4) is 0 Å². The number of alkyl halides is 2. The minimum Gasteiger partial charge on any atom is -0.476 e. The summed E-state index contributed by atoms with van der Waals surface area (Å²) in [5.74, 6) is -4.66. The van der Waals surface area contributed by atoms with Crippen molar-refractivity contribution in [3.63, 3.8) is 0 Å². The van der Waals surface area contributed by atoms with Crippen molar-refractivity contribution in [3.8, 4) is 0 Å². The van der Waals surface area contributed by atoms with Crippen molar-refractivity contribution in [2.24, 2.45) is 0 Å². The summed E-state index contributed by atoms with van der Waals surface area (Å²) in [6, 6.07) is 6.72. The van der Waals surface area contributed by atoms with Crippen molar-refractivity contribution in [2.45, 2.75) is 43.8 Å². The first kappa shape index (κ1) is 22.0. The molecule has 2 N–H and O–H groups in total. The third kappa shape index (κ3) is 5.06. The summed E-state index contributed by atoms with van der Waals surface area (Å²) < 4.78 is 28.8. The van der Waals surface area contributed by atoms with Gasteiger partial charge in [0.05, 0.1) is 6.04 Å². The predicted molar refractivity (Wildman–Crippen MR) is 105 cm³/mol. The molecule has 2 aromatic rings. The molecule has 1 aliphatic rings. The second-order valence-electron chi connectivity index (χ2n) is 6.92. The van der Waals surface area contributed by atoms with Crippen molar-refractivity contribution in [1.82, 2.24) is 15.1 Å². The topological polar surface area (TPSA) is 104 Å². The number of nitrogens with zero attached hydrogens (tertiary/aromatic N) is 3. The molecule has 160 valence electrons. The van der Waals surface area contributed by atoms with Crippen LogP contribution in [0, 0.1) is 0 Å². The zero-order valence-corrected chi connectivity index (χ0v) is 16.8. The molecular weight excluding hydrogens is 416 g/mol. The number of hydrogen-bond donors (Lipinski definition) is 2. The molecule has 2 atom stereocenters. The monoisotopic (exact) mass is 437 g/mol. The standard InChI is InChI=1S/C20H21F2N3O4S/c21-20(22,13-5-2-1-3-6-13)15(26)10-8-14-9-11-17(27)25(14)12-4-7-16-23-24-18(30-16)19(28)29/h1-3,5-6,8,10,14-15,26H,4,7,9,11-12H2,(H,28,29)/b10-8+/t14-,15?/m0/s1.